The molecule has 0 aromatic carbocycles. The van der Waals surface area contributed by atoms with Gasteiger partial charge in [0.25, 0.3) is 0 Å². The second-order valence-corrected chi connectivity index (χ2v) is 6.45. The van der Waals surface area contributed by atoms with E-state index in [2.05, 4.69) is 11.6 Å². The molecule has 0 aromatic heterocycles. The maximum atomic E-state index is 12.6. The Morgan fingerprint density at radius 1 is 1.11 bits per heavy atom. The van der Waals surface area contributed by atoms with E-state index in [9.17, 15) is 13.2 Å². The highest BCUT2D eigenvalue weighted by molar-refractivity contribution is 7.98. The number of halogens is 3. The van der Waals surface area contributed by atoms with Gasteiger partial charge in [-0.25, -0.2) is 0 Å². The number of nitrogens with one attached hydrogen (secondary N) is 1. The Bertz CT molecular complexity index is 233. The van der Waals surface area contributed by atoms with E-state index >= 15 is 0 Å². The minimum absolute atomic E-state index is 0.0755. The van der Waals surface area contributed by atoms with Gasteiger partial charge in [-0.05, 0) is 50.7 Å². The molecule has 5 heteroatoms. The minimum Gasteiger partial charge on any atom is -0.314 e. The largest absolute Gasteiger partial charge is 0.391 e. The minimum atomic E-state index is -4.00. The zero-order chi connectivity index (χ0) is 14.1. The van der Waals surface area contributed by atoms with Crippen LogP contribution in [0.25, 0.3) is 0 Å². The van der Waals surface area contributed by atoms with Crippen LogP contribution in [0.5, 0.6) is 0 Å². The Morgan fingerprint density at radius 3 is 2.53 bits per heavy atom. The lowest BCUT2D eigenvalue weighted by molar-refractivity contribution is -0.183. The average molecular weight is 297 g/mol. The van der Waals surface area contributed by atoms with Crippen molar-refractivity contribution in [3.8, 4) is 0 Å². The number of unbranched alkanes of at least 4 members (excludes halogenated alkanes) is 3. The Kier molecular flexibility index (Phi) is 8.23. The van der Waals surface area contributed by atoms with Crippen LogP contribution in [-0.4, -0.2) is 30.8 Å². The summed E-state index contributed by atoms with van der Waals surface area (Å²) in [6.07, 6.45) is 5.06. The number of alkyl halides is 3. The molecule has 1 rings (SSSR count). The van der Waals surface area contributed by atoms with Crippen LogP contribution in [0.2, 0.25) is 0 Å². The van der Waals surface area contributed by atoms with Crippen LogP contribution >= 0.6 is 11.8 Å². The van der Waals surface area contributed by atoms with Crippen LogP contribution < -0.4 is 5.32 Å². The molecule has 1 aliphatic carbocycles. The molecule has 0 aliphatic heterocycles. The molecule has 0 spiro atoms. The van der Waals surface area contributed by atoms with E-state index in [0.29, 0.717) is 12.8 Å². The topological polar surface area (TPSA) is 12.0 Å². The molecule has 1 fully saturated rings. The molecule has 0 saturated heterocycles. The van der Waals surface area contributed by atoms with Crippen molar-refractivity contribution < 1.29 is 13.2 Å². The molecule has 1 nitrogen and oxygen atoms in total. The van der Waals surface area contributed by atoms with Gasteiger partial charge in [0.05, 0.1) is 5.92 Å². The van der Waals surface area contributed by atoms with E-state index < -0.39 is 12.1 Å². The Hall–Kier alpha value is 0.100. The molecule has 114 valence electrons. The molecule has 0 amide bonds. The van der Waals surface area contributed by atoms with Crippen LogP contribution in [0.4, 0.5) is 13.2 Å². The highest BCUT2D eigenvalue weighted by Gasteiger charge is 2.41. The highest BCUT2D eigenvalue weighted by Crippen LogP contribution is 2.37. The number of hydrogen-bond acceptors (Lipinski definition) is 2. The van der Waals surface area contributed by atoms with Gasteiger partial charge in [-0.15, -0.1) is 0 Å². The summed E-state index contributed by atoms with van der Waals surface area (Å²) in [4.78, 5) is 0. The number of hydrogen-bond donors (Lipinski definition) is 1. The molecule has 2 atom stereocenters. The molecule has 2 unspecified atom stereocenters. The first-order valence-electron chi connectivity index (χ1n) is 7.33. The van der Waals surface area contributed by atoms with Gasteiger partial charge < -0.3 is 5.32 Å². The first-order chi connectivity index (χ1) is 9.04. The van der Waals surface area contributed by atoms with Gasteiger partial charge in [0.15, 0.2) is 0 Å². The molecule has 1 N–H and O–H groups in total. The zero-order valence-electron chi connectivity index (χ0n) is 11.8. The molecule has 0 radical (unpaired) electrons. The maximum Gasteiger partial charge on any atom is 0.391 e. The highest BCUT2D eigenvalue weighted by atomic mass is 32.2. The zero-order valence-corrected chi connectivity index (χ0v) is 12.6. The van der Waals surface area contributed by atoms with Gasteiger partial charge in [0.2, 0.25) is 0 Å². The first kappa shape index (κ1) is 17.2. The predicted molar refractivity (Wildman–Crippen MR) is 76.7 cm³/mol. The van der Waals surface area contributed by atoms with Crippen LogP contribution in [0.1, 0.15) is 51.4 Å². The molecular formula is C14H26F3NS. The fraction of sp³-hybridized carbons (Fsp3) is 1.00. The Labute approximate surface area is 119 Å². The van der Waals surface area contributed by atoms with Crippen molar-refractivity contribution in [2.45, 2.75) is 63.6 Å². The standard InChI is InChI=1S/C14H26F3NS/c1-19-10-5-3-2-4-9-18-13-8-6-7-12(11-13)14(15,16)17/h12-13,18H,2-11H2,1H3. The normalized spacial score (nSPS) is 24.6. The van der Waals surface area contributed by atoms with Crippen molar-refractivity contribution >= 4 is 11.8 Å². The van der Waals surface area contributed by atoms with Crippen molar-refractivity contribution in [2.75, 3.05) is 18.6 Å². The fourth-order valence-electron chi connectivity index (χ4n) is 2.70. The maximum absolute atomic E-state index is 12.6. The van der Waals surface area contributed by atoms with Crippen molar-refractivity contribution in [2.24, 2.45) is 5.92 Å². The van der Waals surface area contributed by atoms with Gasteiger partial charge in [-0.2, -0.15) is 24.9 Å². The lowest BCUT2D eigenvalue weighted by atomic mass is 9.85. The van der Waals surface area contributed by atoms with Gasteiger partial charge in [-0.3, -0.25) is 0 Å². The van der Waals surface area contributed by atoms with E-state index in [-0.39, 0.29) is 12.5 Å². The van der Waals surface area contributed by atoms with E-state index in [1.807, 2.05) is 11.8 Å². The lowest BCUT2D eigenvalue weighted by Gasteiger charge is -2.31. The number of rotatable bonds is 8. The van der Waals surface area contributed by atoms with E-state index in [1.54, 1.807) is 0 Å². The molecule has 1 saturated carbocycles. The summed E-state index contributed by atoms with van der Waals surface area (Å²) in [7, 11) is 0. The van der Waals surface area contributed by atoms with Crippen molar-refractivity contribution in [1.29, 1.82) is 0 Å². The summed E-state index contributed by atoms with van der Waals surface area (Å²) in [5, 5.41) is 3.31. The molecule has 0 bridgehead atoms. The summed E-state index contributed by atoms with van der Waals surface area (Å²) in [6, 6.07) is 0.0755. The first-order valence-corrected chi connectivity index (χ1v) is 8.72. The van der Waals surface area contributed by atoms with Crippen LogP contribution in [0.15, 0.2) is 0 Å². The Morgan fingerprint density at radius 2 is 1.84 bits per heavy atom. The SMILES string of the molecule is CSCCCCCCNC1CCCC(C(F)(F)F)C1. The predicted octanol–water partition coefficient (Wildman–Crippen LogP) is 4.62. The summed E-state index contributed by atoms with van der Waals surface area (Å²) < 4.78 is 37.9. The molecule has 0 heterocycles. The molecular weight excluding hydrogens is 271 g/mol. The van der Waals surface area contributed by atoms with Crippen LogP contribution in [-0.2, 0) is 0 Å². The van der Waals surface area contributed by atoms with E-state index in [4.69, 9.17) is 0 Å². The monoisotopic (exact) mass is 297 g/mol. The van der Waals surface area contributed by atoms with Gasteiger partial charge >= 0.3 is 6.18 Å². The van der Waals surface area contributed by atoms with Crippen molar-refractivity contribution in [3.05, 3.63) is 0 Å². The summed E-state index contributed by atoms with van der Waals surface area (Å²) >= 11 is 1.87. The smallest absolute Gasteiger partial charge is 0.314 e. The molecule has 19 heavy (non-hydrogen) atoms. The summed E-state index contributed by atoms with van der Waals surface area (Å²) in [5.41, 5.74) is 0. The van der Waals surface area contributed by atoms with E-state index in [1.165, 1.54) is 25.0 Å². The second kappa shape index (κ2) is 9.11. The summed E-state index contributed by atoms with van der Waals surface area (Å²) in [6.45, 7) is 0.870. The quantitative estimate of drug-likeness (QED) is 0.656. The molecule has 1 aliphatic rings. The van der Waals surface area contributed by atoms with Gasteiger partial charge in [0, 0.05) is 6.04 Å². The Balaban J connectivity index is 2.06. The second-order valence-electron chi connectivity index (χ2n) is 5.46. The fourth-order valence-corrected chi connectivity index (χ4v) is 3.20. The van der Waals surface area contributed by atoms with Crippen molar-refractivity contribution in [1.82, 2.24) is 5.32 Å². The lowest BCUT2D eigenvalue weighted by Crippen LogP contribution is -2.39. The third-order valence-electron chi connectivity index (χ3n) is 3.85. The third-order valence-corrected chi connectivity index (χ3v) is 4.54. The van der Waals surface area contributed by atoms with Gasteiger partial charge in [0.1, 0.15) is 0 Å². The number of thioether (sulfide) groups is 1. The van der Waals surface area contributed by atoms with Crippen LogP contribution in [0.3, 0.4) is 0 Å². The summed E-state index contributed by atoms with van der Waals surface area (Å²) in [5.74, 6) is 0.129. The average Bonchev–Trinajstić information content (AvgIpc) is 2.37. The third kappa shape index (κ3) is 7.45. The van der Waals surface area contributed by atoms with E-state index in [0.717, 1.165) is 19.4 Å². The molecule has 0 aromatic rings. The van der Waals surface area contributed by atoms with Crippen molar-refractivity contribution in [3.63, 3.8) is 0 Å². The van der Waals surface area contributed by atoms with Gasteiger partial charge in [-0.1, -0.05) is 19.3 Å². The van der Waals surface area contributed by atoms with Crippen LogP contribution in [0, 0.1) is 5.92 Å².